The van der Waals surface area contributed by atoms with Gasteiger partial charge in [-0.3, -0.25) is 14.2 Å². The van der Waals surface area contributed by atoms with Crippen LogP contribution < -0.4 is 11.1 Å². The second-order valence-corrected chi connectivity index (χ2v) is 10.7. The number of carbonyl (C=O) groups is 2. The van der Waals surface area contributed by atoms with Gasteiger partial charge in [0.25, 0.3) is 5.91 Å². The van der Waals surface area contributed by atoms with Crippen molar-refractivity contribution in [3.63, 3.8) is 0 Å². The first-order valence-corrected chi connectivity index (χ1v) is 13.3. The Morgan fingerprint density at radius 2 is 1.70 bits per heavy atom. The normalized spacial score (nSPS) is 14.2. The third-order valence-corrected chi connectivity index (χ3v) is 7.36. The van der Waals surface area contributed by atoms with Crippen LogP contribution in [-0.2, 0) is 9.84 Å². The highest BCUT2D eigenvalue weighted by atomic mass is 32.2. The number of rotatable bonds is 5. The van der Waals surface area contributed by atoms with Gasteiger partial charge in [-0.05, 0) is 24.3 Å². The molecule has 10 nitrogen and oxygen atoms in total. The fraction of sp³-hybridized carbons (Fsp3) is 0.200. The molecule has 0 bridgehead atoms. The Hall–Kier alpha value is -4.16. The SMILES string of the molecule is CS(=O)(=O)c1cn(-c2ncc(-c3ccc(C(N)=O)cc3F)cn2)c2cc(C(=O)N3CCNCC3)ccc12. The van der Waals surface area contributed by atoms with E-state index in [4.69, 9.17) is 5.73 Å². The number of nitrogens with zero attached hydrogens (tertiary/aromatic N) is 4. The summed E-state index contributed by atoms with van der Waals surface area (Å²) in [6.45, 7) is 2.56. The van der Waals surface area contributed by atoms with Crippen LogP contribution in [0.2, 0.25) is 0 Å². The van der Waals surface area contributed by atoms with Gasteiger partial charge in [0, 0.05) is 78.7 Å². The van der Waals surface area contributed by atoms with Crippen molar-refractivity contribution in [1.29, 1.82) is 0 Å². The van der Waals surface area contributed by atoms with E-state index in [1.165, 1.54) is 35.3 Å². The first kappa shape index (κ1) is 24.5. The molecule has 37 heavy (non-hydrogen) atoms. The van der Waals surface area contributed by atoms with Gasteiger partial charge in [-0.2, -0.15) is 0 Å². The third-order valence-electron chi connectivity index (χ3n) is 6.24. The molecule has 1 saturated heterocycles. The number of halogens is 1. The third kappa shape index (κ3) is 4.68. The van der Waals surface area contributed by atoms with E-state index < -0.39 is 21.6 Å². The molecule has 1 aliphatic rings. The zero-order chi connectivity index (χ0) is 26.3. The van der Waals surface area contributed by atoms with Crippen LogP contribution >= 0.6 is 0 Å². The van der Waals surface area contributed by atoms with E-state index in [2.05, 4.69) is 15.3 Å². The molecular formula is C25H23FN6O4S. The molecule has 0 radical (unpaired) electrons. The molecule has 1 fully saturated rings. The van der Waals surface area contributed by atoms with Gasteiger partial charge in [-0.1, -0.05) is 12.1 Å². The lowest BCUT2D eigenvalue weighted by molar-refractivity contribution is 0.0735. The molecule has 1 aliphatic heterocycles. The Bertz CT molecular complexity index is 1640. The van der Waals surface area contributed by atoms with Crippen LogP contribution in [0, 0.1) is 5.82 Å². The lowest BCUT2D eigenvalue weighted by Crippen LogP contribution is -2.46. The van der Waals surface area contributed by atoms with E-state index in [0.717, 1.165) is 12.3 Å². The Kier molecular flexibility index (Phi) is 6.21. The minimum Gasteiger partial charge on any atom is -0.366 e. The molecule has 3 heterocycles. The van der Waals surface area contributed by atoms with Crippen LogP contribution in [0.25, 0.3) is 28.0 Å². The summed E-state index contributed by atoms with van der Waals surface area (Å²) >= 11 is 0. The van der Waals surface area contributed by atoms with Crippen LogP contribution in [-0.4, -0.2) is 72.1 Å². The van der Waals surface area contributed by atoms with Crippen LogP contribution in [0.15, 0.2) is 59.9 Å². The highest BCUT2D eigenvalue weighted by molar-refractivity contribution is 7.91. The average molecular weight is 523 g/mol. The van der Waals surface area contributed by atoms with E-state index in [1.54, 1.807) is 23.1 Å². The van der Waals surface area contributed by atoms with Gasteiger partial charge >= 0.3 is 0 Å². The van der Waals surface area contributed by atoms with E-state index in [1.807, 2.05) is 0 Å². The number of primary amides is 1. The minimum absolute atomic E-state index is 0.0390. The maximum absolute atomic E-state index is 14.6. The predicted molar refractivity (Wildman–Crippen MR) is 135 cm³/mol. The molecule has 0 unspecified atom stereocenters. The predicted octanol–water partition coefficient (Wildman–Crippen LogP) is 1.77. The van der Waals surface area contributed by atoms with Gasteiger partial charge in [0.15, 0.2) is 9.84 Å². The van der Waals surface area contributed by atoms with E-state index in [9.17, 15) is 22.4 Å². The molecule has 12 heteroatoms. The number of aromatic nitrogens is 3. The number of fused-ring (bicyclic) bond motifs is 1. The highest BCUT2D eigenvalue weighted by Crippen LogP contribution is 2.29. The van der Waals surface area contributed by atoms with Gasteiger partial charge in [0.2, 0.25) is 11.9 Å². The molecule has 0 aliphatic carbocycles. The topological polar surface area (TPSA) is 140 Å². The van der Waals surface area contributed by atoms with Gasteiger partial charge in [0.05, 0.1) is 10.4 Å². The van der Waals surface area contributed by atoms with Crippen molar-refractivity contribution in [3.05, 3.63) is 71.9 Å². The standard InChI is InChI=1S/C25H23FN6O4S/c1-37(35,36)22-14-32(21-11-16(3-5-19(21)22)24(34)31-8-6-28-7-9-31)25-29-12-17(13-30-25)18-4-2-15(23(27)33)10-20(18)26/h2-5,10-14,28H,6-9H2,1H3,(H2,27,33). The van der Waals surface area contributed by atoms with Gasteiger partial charge < -0.3 is 16.0 Å². The van der Waals surface area contributed by atoms with Crippen molar-refractivity contribution in [2.45, 2.75) is 4.90 Å². The van der Waals surface area contributed by atoms with Crippen molar-refractivity contribution in [2.75, 3.05) is 32.4 Å². The Morgan fingerprint density at radius 1 is 1.03 bits per heavy atom. The Balaban J connectivity index is 1.57. The molecule has 4 aromatic rings. The summed E-state index contributed by atoms with van der Waals surface area (Å²) in [5, 5.41) is 3.63. The van der Waals surface area contributed by atoms with Crippen molar-refractivity contribution in [3.8, 4) is 17.1 Å². The maximum atomic E-state index is 14.6. The lowest BCUT2D eigenvalue weighted by atomic mass is 10.1. The number of nitrogens with one attached hydrogen (secondary N) is 1. The summed E-state index contributed by atoms with van der Waals surface area (Å²) in [5.74, 6) is -1.41. The molecule has 0 atom stereocenters. The average Bonchev–Trinajstić information content (AvgIpc) is 3.28. The second kappa shape index (κ2) is 9.37. The Morgan fingerprint density at radius 3 is 2.32 bits per heavy atom. The van der Waals surface area contributed by atoms with Crippen molar-refractivity contribution < 1.29 is 22.4 Å². The number of hydrogen-bond acceptors (Lipinski definition) is 7. The molecule has 2 amide bonds. The maximum Gasteiger partial charge on any atom is 0.254 e. The molecule has 5 rings (SSSR count). The molecule has 0 saturated carbocycles. The monoisotopic (exact) mass is 522 g/mol. The zero-order valence-corrected chi connectivity index (χ0v) is 20.6. The van der Waals surface area contributed by atoms with Gasteiger partial charge in [0.1, 0.15) is 5.82 Å². The second-order valence-electron chi connectivity index (χ2n) is 8.74. The molecule has 2 aromatic heterocycles. The molecule has 190 valence electrons. The quantitative estimate of drug-likeness (QED) is 0.407. The number of carbonyl (C=O) groups excluding carboxylic acids is 2. The number of hydrogen-bond donors (Lipinski definition) is 2. The molecular weight excluding hydrogens is 499 g/mol. The van der Waals surface area contributed by atoms with E-state index in [0.29, 0.717) is 48.2 Å². The van der Waals surface area contributed by atoms with Crippen molar-refractivity contribution >= 4 is 32.6 Å². The Labute approximate surface area is 211 Å². The molecule has 3 N–H and O–H groups in total. The van der Waals surface area contributed by atoms with Crippen LogP contribution in [0.3, 0.4) is 0 Å². The van der Waals surface area contributed by atoms with Crippen molar-refractivity contribution in [2.24, 2.45) is 5.73 Å². The van der Waals surface area contributed by atoms with E-state index in [-0.39, 0.29) is 27.9 Å². The number of benzene rings is 2. The van der Waals surface area contributed by atoms with E-state index >= 15 is 0 Å². The summed E-state index contributed by atoms with van der Waals surface area (Å²) < 4.78 is 41.1. The zero-order valence-electron chi connectivity index (χ0n) is 19.8. The molecule has 2 aromatic carbocycles. The number of amides is 2. The molecule has 0 spiro atoms. The van der Waals surface area contributed by atoms with Crippen LogP contribution in [0.1, 0.15) is 20.7 Å². The summed E-state index contributed by atoms with van der Waals surface area (Å²) in [6, 6.07) is 8.72. The fourth-order valence-corrected chi connectivity index (χ4v) is 5.20. The highest BCUT2D eigenvalue weighted by Gasteiger charge is 2.23. The first-order chi connectivity index (χ1) is 17.6. The van der Waals surface area contributed by atoms with Crippen LogP contribution in [0.5, 0.6) is 0 Å². The summed E-state index contributed by atoms with van der Waals surface area (Å²) in [6.07, 6.45) is 5.31. The lowest BCUT2D eigenvalue weighted by Gasteiger charge is -2.27. The summed E-state index contributed by atoms with van der Waals surface area (Å²) in [5.41, 5.74) is 6.64. The summed E-state index contributed by atoms with van der Waals surface area (Å²) in [7, 11) is -3.61. The fourth-order valence-electron chi connectivity index (χ4n) is 4.33. The van der Waals surface area contributed by atoms with Gasteiger partial charge in [-0.25, -0.2) is 22.8 Å². The number of sulfone groups is 1. The first-order valence-electron chi connectivity index (χ1n) is 11.4. The number of piperazine rings is 1. The van der Waals surface area contributed by atoms with Crippen LogP contribution in [0.4, 0.5) is 4.39 Å². The minimum atomic E-state index is -3.61. The largest absolute Gasteiger partial charge is 0.366 e. The van der Waals surface area contributed by atoms with Gasteiger partial charge in [-0.15, -0.1) is 0 Å². The number of nitrogens with two attached hydrogens (primary N) is 1. The van der Waals surface area contributed by atoms with Crippen molar-refractivity contribution in [1.82, 2.24) is 24.8 Å². The summed E-state index contributed by atoms with van der Waals surface area (Å²) in [4.78, 5) is 34.8. The smallest absolute Gasteiger partial charge is 0.254 e.